The van der Waals surface area contributed by atoms with Gasteiger partial charge in [-0.3, -0.25) is 4.99 Å². The predicted molar refractivity (Wildman–Crippen MR) is 97.4 cm³/mol. The van der Waals surface area contributed by atoms with Crippen molar-refractivity contribution in [2.24, 2.45) is 4.99 Å². The second-order valence-corrected chi connectivity index (χ2v) is 7.68. The minimum absolute atomic E-state index is 0.124. The highest BCUT2D eigenvalue weighted by atomic mass is 32.1. The summed E-state index contributed by atoms with van der Waals surface area (Å²) in [7, 11) is 4.23. The zero-order chi connectivity index (χ0) is 16.7. The Hall–Kier alpha value is -1.92. The molecule has 2 aliphatic heterocycles. The van der Waals surface area contributed by atoms with Gasteiger partial charge in [0.25, 0.3) is 0 Å². The summed E-state index contributed by atoms with van der Waals surface area (Å²) < 4.78 is 0. The maximum absolute atomic E-state index is 10.3. The van der Waals surface area contributed by atoms with Crippen LogP contribution in [0.25, 0.3) is 6.08 Å². The van der Waals surface area contributed by atoms with Gasteiger partial charge in [0.2, 0.25) is 5.88 Å². The summed E-state index contributed by atoms with van der Waals surface area (Å²) in [6, 6.07) is 6.81. The molecule has 1 N–H and O–H groups in total. The molecule has 24 heavy (non-hydrogen) atoms. The highest BCUT2D eigenvalue weighted by Crippen LogP contribution is 2.33. The molecular weight excluding hydrogens is 320 g/mol. The van der Waals surface area contributed by atoms with E-state index in [1.54, 1.807) is 11.3 Å². The molecule has 1 atom stereocenters. The van der Waals surface area contributed by atoms with Gasteiger partial charge in [-0.15, -0.1) is 0 Å². The monoisotopic (exact) mass is 342 g/mol. The second kappa shape index (κ2) is 6.18. The summed E-state index contributed by atoms with van der Waals surface area (Å²) in [5.41, 5.74) is 1.29. The molecule has 1 fully saturated rings. The van der Waals surface area contributed by atoms with Crippen LogP contribution < -0.4 is 15.5 Å². The van der Waals surface area contributed by atoms with Crippen molar-refractivity contribution in [2.75, 3.05) is 38.6 Å². The first kappa shape index (κ1) is 15.6. The van der Waals surface area contributed by atoms with E-state index >= 15 is 0 Å². The third-order valence-electron chi connectivity index (χ3n) is 4.88. The van der Waals surface area contributed by atoms with Gasteiger partial charge in [-0.25, -0.2) is 0 Å². The van der Waals surface area contributed by atoms with E-state index in [0.717, 1.165) is 53.1 Å². The largest absolute Gasteiger partial charge is 0.492 e. The summed E-state index contributed by atoms with van der Waals surface area (Å²) in [6.07, 6.45) is 4.16. The van der Waals surface area contributed by atoms with Crippen LogP contribution >= 0.6 is 11.3 Å². The van der Waals surface area contributed by atoms with E-state index in [1.165, 1.54) is 5.56 Å². The molecule has 0 amide bonds. The van der Waals surface area contributed by atoms with Crippen LogP contribution in [0.3, 0.4) is 0 Å². The number of aromatic hydroxyl groups is 1. The maximum Gasteiger partial charge on any atom is 0.231 e. The molecule has 0 saturated carbocycles. The number of para-hydroxylation sites is 1. The lowest BCUT2D eigenvalue weighted by molar-refractivity contribution is 0.315. The highest BCUT2D eigenvalue weighted by molar-refractivity contribution is 7.16. The summed E-state index contributed by atoms with van der Waals surface area (Å²) in [6.45, 7) is 2.82. The van der Waals surface area contributed by atoms with Crippen molar-refractivity contribution < 1.29 is 5.11 Å². The summed E-state index contributed by atoms with van der Waals surface area (Å²) in [4.78, 5) is 14.3. The molecule has 0 radical (unpaired) electrons. The van der Waals surface area contributed by atoms with Gasteiger partial charge in [0, 0.05) is 30.9 Å². The molecule has 2 aromatic rings. The van der Waals surface area contributed by atoms with Gasteiger partial charge in [0.1, 0.15) is 0 Å². The van der Waals surface area contributed by atoms with Crippen molar-refractivity contribution in [3.05, 3.63) is 39.2 Å². The van der Waals surface area contributed by atoms with Crippen LogP contribution in [0.1, 0.15) is 16.9 Å². The quantitative estimate of drug-likeness (QED) is 0.904. The molecule has 1 aromatic carbocycles. The first-order valence-corrected chi connectivity index (χ1v) is 9.19. The number of benzene rings is 1. The van der Waals surface area contributed by atoms with Gasteiger partial charge >= 0.3 is 0 Å². The second-order valence-electron chi connectivity index (χ2n) is 6.67. The normalized spacial score (nSPS) is 20.7. The molecule has 126 valence electrons. The third kappa shape index (κ3) is 2.80. The van der Waals surface area contributed by atoms with Crippen molar-refractivity contribution >= 4 is 22.5 Å². The topological polar surface area (TPSA) is 52.0 Å². The van der Waals surface area contributed by atoms with E-state index < -0.39 is 0 Å². The fourth-order valence-corrected chi connectivity index (χ4v) is 4.38. The van der Waals surface area contributed by atoms with E-state index in [0.29, 0.717) is 6.04 Å². The summed E-state index contributed by atoms with van der Waals surface area (Å²) in [5.74, 6) is 0.124. The Morgan fingerprint density at radius 3 is 3.04 bits per heavy atom. The first-order chi connectivity index (χ1) is 11.6. The zero-order valence-electron chi connectivity index (χ0n) is 14.1. The van der Waals surface area contributed by atoms with Crippen LogP contribution in [-0.4, -0.2) is 54.8 Å². The fraction of sp³-hybridized carbons (Fsp3) is 0.444. The summed E-state index contributed by atoms with van der Waals surface area (Å²) >= 11 is 1.56. The lowest BCUT2D eigenvalue weighted by Crippen LogP contribution is -2.31. The van der Waals surface area contributed by atoms with Gasteiger partial charge in [-0.05, 0) is 38.6 Å². The Bertz CT molecular complexity index is 874. The Kier molecular flexibility index (Phi) is 4.02. The van der Waals surface area contributed by atoms with Crippen LogP contribution in [0.15, 0.2) is 23.2 Å². The molecule has 1 saturated heterocycles. The zero-order valence-corrected chi connectivity index (χ0v) is 14.9. The van der Waals surface area contributed by atoms with Gasteiger partial charge in [-0.1, -0.05) is 29.5 Å². The molecule has 2 aliphatic rings. The molecule has 4 rings (SSSR count). The Morgan fingerprint density at radius 1 is 1.38 bits per heavy atom. The standard InChI is InChI=1S/C18H22N4OS/c1-21(2)14-7-9-22(11-14)18-20-17(23)15(24-18)10-13-5-3-4-12-6-8-19-16(12)13/h3-5,10,14,23H,6-9,11H2,1-2H3/t14-/m0/s1. The minimum atomic E-state index is 0.124. The summed E-state index contributed by atoms with van der Waals surface area (Å²) in [5, 5.41) is 13.3. The van der Waals surface area contributed by atoms with Crippen molar-refractivity contribution in [1.29, 1.82) is 0 Å². The number of hydrogen-bond donors (Lipinski definition) is 1. The van der Waals surface area contributed by atoms with E-state index in [9.17, 15) is 5.11 Å². The van der Waals surface area contributed by atoms with E-state index in [4.69, 9.17) is 0 Å². The van der Waals surface area contributed by atoms with Gasteiger partial charge in [-0.2, -0.15) is 4.98 Å². The van der Waals surface area contributed by atoms with Crippen LogP contribution in [0.5, 0.6) is 5.88 Å². The van der Waals surface area contributed by atoms with Crippen molar-refractivity contribution in [1.82, 2.24) is 9.88 Å². The van der Waals surface area contributed by atoms with Crippen LogP contribution in [0, 0.1) is 0 Å². The van der Waals surface area contributed by atoms with E-state index in [2.05, 4.69) is 52.1 Å². The van der Waals surface area contributed by atoms with Crippen LogP contribution in [-0.2, 0) is 6.42 Å². The average Bonchev–Trinajstić information content (AvgIpc) is 3.27. The molecule has 5 nitrogen and oxygen atoms in total. The third-order valence-corrected chi connectivity index (χ3v) is 5.93. The van der Waals surface area contributed by atoms with Crippen LogP contribution in [0.4, 0.5) is 5.13 Å². The lowest BCUT2D eigenvalue weighted by atomic mass is 10.1. The Labute approximate surface area is 145 Å². The minimum Gasteiger partial charge on any atom is -0.492 e. The number of anilines is 1. The first-order valence-electron chi connectivity index (χ1n) is 8.37. The molecule has 0 spiro atoms. The van der Waals surface area contributed by atoms with Gasteiger partial charge < -0.3 is 14.9 Å². The number of rotatable bonds is 3. The molecule has 0 unspecified atom stereocenters. The lowest BCUT2D eigenvalue weighted by Gasteiger charge is -2.19. The molecule has 0 aliphatic carbocycles. The SMILES string of the molecule is CN(C)[C@H]1CCN(c2nc(O)c(C=c3cccc4c3=NCC4)s2)C1. The molecule has 6 heteroatoms. The average molecular weight is 342 g/mol. The number of likely N-dealkylation sites (N-methyl/N-ethyl adjacent to an activating group) is 1. The number of fused-ring (bicyclic) bond motifs is 1. The Balaban J connectivity index is 1.66. The van der Waals surface area contributed by atoms with Crippen molar-refractivity contribution in [3.8, 4) is 5.88 Å². The number of hydrogen-bond acceptors (Lipinski definition) is 6. The number of thiazole rings is 1. The van der Waals surface area contributed by atoms with Crippen molar-refractivity contribution in [3.63, 3.8) is 0 Å². The number of aromatic nitrogens is 1. The fourth-order valence-electron chi connectivity index (χ4n) is 3.43. The van der Waals surface area contributed by atoms with Crippen molar-refractivity contribution in [2.45, 2.75) is 18.9 Å². The molecule has 1 aromatic heterocycles. The van der Waals surface area contributed by atoms with Crippen LogP contribution in [0.2, 0.25) is 0 Å². The highest BCUT2D eigenvalue weighted by Gasteiger charge is 2.26. The predicted octanol–water partition coefficient (Wildman–Crippen LogP) is 0.993. The number of nitrogens with zero attached hydrogens (tertiary/aromatic N) is 4. The van der Waals surface area contributed by atoms with Gasteiger partial charge in [0.15, 0.2) is 5.13 Å². The van der Waals surface area contributed by atoms with Gasteiger partial charge in [0.05, 0.1) is 10.2 Å². The Morgan fingerprint density at radius 2 is 2.25 bits per heavy atom. The maximum atomic E-state index is 10.3. The molecule has 0 bridgehead atoms. The smallest absolute Gasteiger partial charge is 0.231 e. The molecule has 3 heterocycles. The van der Waals surface area contributed by atoms with E-state index in [1.807, 2.05) is 6.08 Å². The molecular formula is C18H22N4OS. The van der Waals surface area contributed by atoms with E-state index in [-0.39, 0.29) is 5.88 Å².